The molecule has 0 bridgehead atoms. The summed E-state index contributed by atoms with van der Waals surface area (Å²) in [5.74, 6) is 2.49. The number of hydrogen-bond acceptors (Lipinski definition) is 2. The Morgan fingerprint density at radius 1 is 1.15 bits per heavy atom. The van der Waals surface area contributed by atoms with Gasteiger partial charge in [-0.05, 0) is 52.6 Å². The zero-order valence-electron chi connectivity index (χ0n) is 11.9. The molecule has 1 atom stereocenters. The third-order valence-corrected chi connectivity index (χ3v) is 5.82. The molecule has 2 aromatic rings. The van der Waals surface area contributed by atoms with Crippen molar-refractivity contribution < 1.29 is 0 Å². The largest absolute Gasteiger partial charge is 0.381 e. The Morgan fingerprint density at radius 3 is 2.70 bits per heavy atom. The lowest BCUT2D eigenvalue weighted by Gasteiger charge is -2.39. The lowest BCUT2D eigenvalue weighted by atomic mass is 9.82. The number of benzene rings is 2. The molecule has 1 unspecified atom stereocenters. The molecular weight excluding hydrogens is 330 g/mol. The molecule has 1 aliphatic heterocycles. The first-order valence-electron chi connectivity index (χ1n) is 7.08. The van der Waals surface area contributed by atoms with Gasteiger partial charge in [0.15, 0.2) is 0 Å². The first-order chi connectivity index (χ1) is 9.54. The SMILES string of the molecule is CC1(C)CCSCC1Nc1ccc2cc(Br)ccc2c1. The second-order valence-corrected chi connectivity index (χ2v) is 8.28. The maximum Gasteiger partial charge on any atom is 0.0403 e. The van der Waals surface area contributed by atoms with Crippen LogP contribution in [0.15, 0.2) is 40.9 Å². The Balaban J connectivity index is 1.85. The van der Waals surface area contributed by atoms with Crippen molar-refractivity contribution in [3.63, 3.8) is 0 Å². The third kappa shape index (κ3) is 2.99. The molecule has 3 heteroatoms. The average molecular weight is 350 g/mol. The Hall–Kier alpha value is -0.670. The molecule has 0 aromatic heterocycles. The molecule has 0 aliphatic carbocycles. The van der Waals surface area contributed by atoms with E-state index < -0.39 is 0 Å². The highest BCUT2D eigenvalue weighted by Crippen LogP contribution is 2.36. The summed E-state index contributed by atoms with van der Waals surface area (Å²) in [6.45, 7) is 4.76. The molecule has 0 amide bonds. The summed E-state index contributed by atoms with van der Waals surface area (Å²) >= 11 is 5.59. The molecule has 1 fully saturated rings. The lowest BCUT2D eigenvalue weighted by Crippen LogP contribution is -2.41. The van der Waals surface area contributed by atoms with Crippen LogP contribution in [0.2, 0.25) is 0 Å². The number of nitrogens with one attached hydrogen (secondary N) is 1. The topological polar surface area (TPSA) is 12.0 Å². The molecule has 1 saturated heterocycles. The van der Waals surface area contributed by atoms with Gasteiger partial charge in [0.25, 0.3) is 0 Å². The fourth-order valence-electron chi connectivity index (χ4n) is 2.68. The van der Waals surface area contributed by atoms with Crippen molar-refractivity contribution in [1.29, 1.82) is 0 Å². The summed E-state index contributed by atoms with van der Waals surface area (Å²) in [6, 6.07) is 13.7. The zero-order valence-corrected chi connectivity index (χ0v) is 14.4. The smallest absolute Gasteiger partial charge is 0.0403 e. The highest BCUT2D eigenvalue weighted by atomic mass is 79.9. The second-order valence-electron chi connectivity index (χ2n) is 6.22. The van der Waals surface area contributed by atoms with Crippen molar-refractivity contribution in [2.45, 2.75) is 26.3 Å². The number of anilines is 1. The average Bonchev–Trinajstić information content (AvgIpc) is 2.41. The summed E-state index contributed by atoms with van der Waals surface area (Å²) in [5, 5.41) is 6.32. The van der Waals surface area contributed by atoms with Crippen molar-refractivity contribution in [1.82, 2.24) is 0 Å². The summed E-state index contributed by atoms with van der Waals surface area (Å²) in [7, 11) is 0. The normalized spacial score (nSPS) is 21.9. The monoisotopic (exact) mass is 349 g/mol. The summed E-state index contributed by atoms with van der Waals surface area (Å²) in [6.07, 6.45) is 1.29. The fourth-order valence-corrected chi connectivity index (χ4v) is 4.67. The summed E-state index contributed by atoms with van der Waals surface area (Å²) in [4.78, 5) is 0. The molecule has 1 N–H and O–H groups in total. The number of rotatable bonds is 2. The molecule has 3 rings (SSSR count). The second kappa shape index (κ2) is 5.61. The maximum absolute atomic E-state index is 3.75. The maximum atomic E-state index is 3.75. The van der Waals surface area contributed by atoms with Crippen molar-refractivity contribution in [3.8, 4) is 0 Å². The van der Waals surface area contributed by atoms with E-state index in [-0.39, 0.29) is 0 Å². The Kier molecular flexibility index (Phi) is 4.00. The van der Waals surface area contributed by atoms with E-state index in [1.807, 2.05) is 0 Å². The predicted molar refractivity (Wildman–Crippen MR) is 94.8 cm³/mol. The Labute approximate surface area is 133 Å². The van der Waals surface area contributed by atoms with Crippen LogP contribution in [-0.4, -0.2) is 17.5 Å². The number of halogens is 1. The van der Waals surface area contributed by atoms with E-state index in [1.54, 1.807) is 0 Å². The van der Waals surface area contributed by atoms with Crippen molar-refractivity contribution in [2.75, 3.05) is 16.8 Å². The van der Waals surface area contributed by atoms with Crippen LogP contribution in [-0.2, 0) is 0 Å². The van der Waals surface area contributed by atoms with Gasteiger partial charge in [0, 0.05) is 22.0 Å². The van der Waals surface area contributed by atoms with Gasteiger partial charge >= 0.3 is 0 Å². The van der Waals surface area contributed by atoms with Crippen LogP contribution in [0.3, 0.4) is 0 Å². The van der Waals surface area contributed by atoms with E-state index in [2.05, 4.69) is 83.3 Å². The highest BCUT2D eigenvalue weighted by Gasteiger charge is 2.32. The lowest BCUT2D eigenvalue weighted by molar-refractivity contribution is 0.305. The molecule has 106 valence electrons. The van der Waals surface area contributed by atoms with Crippen LogP contribution >= 0.6 is 27.7 Å². The number of thioether (sulfide) groups is 1. The standard InChI is InChI=1S/C17H20BrNS/c1-17(2)7-8-20-11-16(17)19-15-6-4-12-9-14(18)5-3-13(12)10-15/h3-6,9-10,16,19H,7-8,11H2,1-2H3. The number of hydrogen-bond donors (Lipinski definition) is 1. The minimum Gasteiger partial charge on any atom is -0.381 e. The third-order valence-electron chi connectivity index (χ3n) is 4.26. The first kappa shape index (κ1) is 14.3. The fraction of sp³-hybridized carbons (Fsp3) is 0.412. The van der Waals surface area contributed by atoms with E-state index in [0.717, 1.165) is 4.47 Å². The van der Waals surface area contributed by atoms with Gasteiger partial charge in [-0.15, -0.1) is 0 Å². The van der Waals surface area contributed by atoms with Gasteiger partial charge in [-0.3, -0.25) is 0 Å². The molecule has 0 radical (unpaired) electrons. The van der Waals surface area contributed by atoms with E-state index >= 15 is 0 Å². The molecule has 2 aromatic carbocycles. The molecule has 0 spiro atoms. The van der Waals surface area contributed by atoms with Crippen LogP contribution in [0.1, 0.15) is 20.3 Å². The highest BCUT2D eigenvalue weighted by molar-refractivity contribution is 9.10. The molecule has 20 heavy (non-hydrogen) atoms. The molecule has 1 heterocycles. The number of fused-ring (bicyclic) bond motifs is 1. The van der Waals surface area contributed by atoms with Crippen LogP contribution < -0.4 is 5.32 Å². The molecule has 0 saturated carbocycles. The van der Waals surface area contributed by atoms with E-state index in [0.29, 0.717) is 11.5 Å². The van der Waals surface area contributed by atoms with Gasteiger partial charge in [0.2, 0.25) is 0 Å². The molecular formula is C17H20BrNS. The van der Waals surface area contributed by atoms with Crippen molar-refractivity contribution in [3.05, 3.63) is 40.9 Å². The van der Waals surface area contributed by atoms with Crippen LogP contribution in [0.4, 0.5) is 5.69 Å². The van der Waals surface area contributed by atoms with Gasteiger partial charge in [0.1, 0.15) is 0 Å². The van der Waals surface area contributed by atoms with E-state index in [9.17, 15) is 0 Å². The van der Waals surface area contributed by atoms with Crippen LogP contribution in [0.5, 0.6) is 0 Å². The van der Waals surface area contributed by atoms with Gasteiger partial charge in [-0.1, -0.05) is 41.9 Å². The minimum absolute atomic E-state index is 0.375. The van der Waals surface area contributed by atoms with Gasteiger partial charge in [0.05, 0.1) is 0 Å². The summed E-state index contributed by atoms with van der Waals surface area (Å²) in [5.41, 5.74) is 1.61. The zero-order chi connectivity index (χ0) is 14.2. The van der Waals surface area contributed by atoms with Crippen LogP contribution in [0.25, 0.3) is 10.8 Å². The Bertz CT molecular complexity index is 623. The van der Waals surface area contributed by atoms with Gasteiger partial charge in [-0.2, -0.15) is 11.8 Å². The van der Waals surface area contributed by atoms with E-state index in [4.69, 9.17) is 0 Å². The predicted octanol–water partition coefficient (Wildman–Crippen LogP) is 5.55. The van der Waals surface area contributed by atoms with Gasteiger partial charge in [-0.25, -0.2) is 0 Å². The van der Waals surface area contributed by atoms with Crippen molar-refractivity contribution >= 4 is 44.2 Å². The van der Waals surface area contributed by atoms with Crippen molar-refractivity contribution in [2.24, 2.45) is 5.41 Å². The molecule has 1 nitrogen and oxygen atoms in total. The van der Waals surface area contributed by atoms with Crippen LogP contribution in [0, 0.1) is 5.41 Å². The summed E-state index contributed by atoms with van der Waals surface area (Å²) < 4.78 is 1.13. The quantitative estimate of drug-likeness (QED) is 0.762. The van der Waals surface area contributed by atoms with E-state index in [1.165, 1.54) is 34.4 Å². The molecule has 1 aliphatic rings. The van der Waals surface area contributed by atoms with Gasteiger partial charge < -0.3 is 5.32 Å². The minimum atomic E-state index is 0.375. The Morgan fingerprint density at radius 2 is 1.90 bits per heavy atom. The first-order valence-corrected chi connectivity index (χ1v) is 9.03.